The second-order valence-corrected chi connectivity index (χ2v) is 6.14. The third kappa shape index (κ3) is 3.86. The van der Waals surface area contributed by atoms with Gasteiger partial charge in [-0.2, -0.15) is 0 Å². The molecule has 0 spiro atoms. The lowest BCUT2D eigenvalue weighted by molar-refractivity contribution is 0.115. The third-order valence-electron chi connectivity index (χ3n) is 3.89. The number of likely N-dealkylation sites (tertiary alicyclic amines) is 1. The molecule has 0 amide bonds. The van der Waals surface area contributed by atoms with E-state index in [4.69, 9.17) is 33.7 Å². The van der Waals surface area contributed by atoms with Crippen LogP contribution in [-0.2, 0) is 4.74 Å². The summed E-state index contributed by atoms with van der Waals surface area (Å²) in [7, 11) is 1.72. The zero-order chi connectivity index (χ0) is 14.5. The highest BCUT2D eigenvalue weighted by molar-refractivity contribution is 6.33. The summed E-state index contributed by atoms with van der Waals surface area (Å²) >= 11 is 12.5. The van der Waals surface area contributed by atoms with Gasteiger partial charge in [0.25, 0.3) is 0 Å². The molecule has 1 aliphatic rings. The van der Waals surface area contributed by atoms with E-state index in [1.807, 2.05) is 18.2 Å². The highest BCUT2D eigenvalue weighted by atomic mass is 35.5. The van der Waals surface area contributed by atoms with Crippen LogP contribution in [0.1, 0.15) is 30.9 Å². The fourth-order valence-corrected chi connectivity index (χ4v) is 3.30. The fourth-order valence-electron chi connectivity index (χ4n) is 2.89. The van der Waals surface area contributed by atoms with Crippen LogP contribution in [0, 0.1) is 0 Å². The average Bonchev–Trinajstić information content (AvgIpc) is 2.61. The number of methoxy groups -OCH3 is 1. The molecule has 1 saturated heterocycles. The monoisotopic (exact) mass is 316 g/mol. The first-order valence-corrected chi connectivity index (χ1v) is 7.82. The van der Waals surface area contributed by atoms with Crippen molar-refractivity contribution in [3.63, 3.8) is 0 Å². The van der Waals surface area contributed by atoms with Crippen LogP contribution in [-0.4, -0.2) is 37.7 Å². The molecule has 3 nitrogen and oxygen atoms in total. The van der Waals surface area contributed by atoms with Gasteiger partial charge in [-0.05, 0) is 43.1 Å². The van der Waals surface area contributed by atoms with Crippen LogP contribution < -0.4 is 5.73 Å². The Morgan fingerprint density at radius 2 is 2.15 bits per heavy atom. The maximum Gasteiger partial charge on any atom is 0.0589 e. The SMILES string of the molecule is COCCN1CCCCC(N)C1c1cc(Cl)ccc1Cl. The molecule has 2 atom stereocenters. The summed E-state index contributed by atoms with van der Waals surface area (Å²) in [5, 5.41) is 1.44. The van der Waals surface area contributed by atoms with E-state index in [2.05, 4.69) is 4.90 Å². The maximum atomic E-state index is 6.41. The van der Waals surface area contributed by atoms with E-state index in [1.54, 1.807) is 7.11 Å². The summed E-state index contributed by atoms with van der Waals surface area (Å²) in [6.45, 7) is 2.57. The molecule has 1 fully saturated rings. The number of hydrogen-bond acceptors (Lipinski definition) is 3. The molecule has 1 heterocycles. The van der Waals surface area contributed by atoms with Gasteiger partial charge in [-0.3, -0.25) is 4.90 Å². The molecule has 0 radical (unpaired) electrons. The Bertz CT molecular complexity index is 442. The summed E-state index contributed by atoms with van der Waals surface area (Å²) in [5.74, 6) is 0. The molecule has 2 unspecified atom stereocenters. The first-order chi connectivity index (χ1) is 9.63. The van der Waals surface area contributed by atoms with E-state index in [0.717, 1.165) is 42.9 Å². The van der Waals surface area contributed by atoms with Crippen LogP contribution in [0.3, 0.4) is 0 Å². The standard InChI is InChI=1S/C15H22Cl2N2O/c1-20-9-8-19-7-3-2-4-14(18)15(19)12-10-11(16)5-6-13(12)17/h5-6,10,14-15H,2-4,7-9,18H2,1H3. The third-order valence-corrected chi connectivity index (χ3v) is 4.47. The van der Waals surface area contributed by atoms with Crippen LogP contribution in [0.25, 0.3) is 0 Å². The van der Waals surface area contributed by atoms with Crippen molar-refractivity contribution in [3.05, 3.63) is 33.8 Å². The van der Waals surface area contributed by atoms with Gasteiger partial charge in [0.05, 0.1) is 12.6 Å². The lowest BCUT2D eigenvalue weighted by Crippen LogP contribution is -2.41. The smallest absolute Gasteiger partial charge is 0.0589 e. The average molecular weight is 317 g/mol. The van der Waals surface area contributed by atoms with Gasteiger partial charge in [-0.15, -0.1) is 0 Å². The molecule has 2 N–H and O–H groups in total. The van der Waals surface area contributed by atoms with E-state index in [9.17, 15) is 0 Å². The summed E-state index contributed by atoms with van der Waals surface area (Å²) < 4.78 is 5.22. The Morgan fingerprint density at radius 3 is 2.90 bits per heavy atom. The van der Waals surface area contributed by atoms with Gasteiger partial charge in [0.2, 0.25) is 0 Å². The van der Waals surface area contributed by atoms with Crippen LogP contribution in [0.15, 0.2) is 18.2 Å². The Hall–Kier alpha value is -0.320. The fraction of sp³-hybridized carbons (Fsp3) is 0.600. The molecule has 1 aromatic rings. The molecule has 0 saturated carbocycles. The van der Waals surface area contributed by atoms with Crippen molar-refractivity contribution in [1.82, 2.24) is 4.90 Å². The number of nitrogens with zero attached hydrogens (tertiary/aromatic N) is 1. The van der Waals surface area contributed by atoms with Crippen molar-refractivity contribution < 1.29 is 4.74 Å². The molecular weight excluding hydrogens is 295 g/mol. The quantitative estimate of drug-likeness (QED) is 0.924. The predicted octanol–water partition coefficient (Wildman–Crippen LogP) is 3.49. The van der Waals surface area contributed by atoms with Crippen LogP contribution >= 0.6 is 23.2 Å². The molecule has 5 heteroatoms. The zero-order valence-electron chi connectivity index (χ0n) is 11.8. The summed E-state index contributed by atoms with van der Waals surface area (Å²) in [6, 6.07) is 5.80. The van der Waals surface area contributed by atoms with Gasteiger partial charge in [0.15, 0.2) is 0 Å². The molecular formula is C15H22Cl2N2O. The molecule has 20 heavy (non-hydrogen) atoms. The van der Waals surface area contributed by atoms with Crippen molar-refractivity contribution >= 4 is 23.2 Å². The van der Waals surface area contributed by atoms with Gasteiger partial charge in [-0.1, -0.05) is 29.6 Å². The summed E-state index contributed by atoms with van der Waals surface area (Å²) in [6.07, 6.45) is 3.32. The number of ether oxygens (including phenoxy) is 1. The lowest BCUT2D eigenvalue weighted by Gasteiger charge is -2.34. The van der Waals surface area contributed by atoms with E-state index >= 15 is 0 Å². The summed E-state index contributed by atoms with van der Waals surface area (Å²) in [4.78, 5) is 2.37. The van der Waals surface area contributed by atoms with Gasteiger partial charge >= 0.3 is 0 Å². The topological polar surface area (TPSA) is 38.5 Å². The Morgan fingerprint density at radius 1 is 1.35 bits per heavy atom. The first kappa shape index (κ1) is 16.1. The zero-order valence-corrected chi connectivity index (χ0v) is 13.3. The maximum absolute atomic E-state index is 6.41. The number of benzene rings is 1. The minimum absolute atomic E-state index is 0.0744. The number of hydrogen-bond donors (Lipinski definition) is 1. The minimum atomic E-state index is 0.0744. The largest absolute Gasteiger partial charge is 0.383 e. The molecule has 0 bridgehead atoms. The van der Waals surface area contributed by atoms with Crippen molar-refractivity contribution in [2.24, 2.45) is 5.73 Å². The second kappa shape index (κ2) is 7.62. The molecule has 0 aliphatic carbocycles. The van der Waals surface area contributed by atoms with Gasteiger partial charge in [0.1, 0.15) is 0 Å². The van der Waals surface area contributed by atoms with Crippen molar-refractivity contribution in [2.75, 3.05) is 26.8 Å². The number of rotatable bonds is 4. The molecule has 1 aliphatic heterocycles. The number of nitrogens with two attached hydrogens (primary N) is 1. The molecule has 2 rings (SSSR count). The molecule has 112 valence electrons. The predicted molar refractivity (Wildman–Crippen MR) is 84.5 cm³/mol. The lowest BCUT2D eigenvalue weighted by atomic mass is 9.96. The second-order valence-electron chi connectivity index (χ2n) is 5.30. The van der Waals surface area contributed by atoms with Crippen molar-refractivity contribution in [2.45, 2.75) is 31.3 Å². The van der Waals surface area contributed by atoms with E-state index in [1.165, 1.54) is 0 Å². The Kier molecular flexibility index (Phi) is 6.12. The van der Waals surface area contributed by atoms with Crippen molar-refractivity contribution in [1.29, 1.82) is 0 Å². The Labute approximate surface area is 131 Å². The van der Waals surface area contributed by atoms with Gasteiger partial charge < -0.3 is 10.5 Å². The van der Waals surface area contributed by atoms with Crippen LogP contribution in [0.4, 0.5) is 0 Å². The van der Waals surface area contributed by atoms with Crippen LogP contribution in [0.2, 0.25) is 10.0 Å². The first-order valence-electron chi connectivity index (χ1n) is 7.07. The van der Waals surface area contributed by atoms with E-state index < -0.39 is 0 Å². The number of halogens is 2. The Balaban J connectivity index is 2.31. The summed E-state index contributed by atoms with van der Waals surface area (Å²) in [5.41, 5.74) is 7.44. The molecule has 1 aromatic carbocycles. The normalized spacial score (nSPS) is 24.6. The highest BCUT2D eigenvalue weighted by Gasteiger charge is 2.30. The van der Waals surface area contributed by atoms with Gasteiger partial charge in [-0.25, -0.2) is 0 Å². The van der Waals surface area contributed by atoms with E-state index in [-0.39, 0.29) is 12.1 Å². The van der Waals surface area contributed by atoms with Crippen molar-refractivity contribution in [3.8, 4) is 0 Å². The van der Waals surface area contributed by atoms with Gasteiger partial charge in [0, 0.05) is 29.7 Å². The van der Waals surface area contributed by atoms with Crippen LogP contribution in [0.5, 0.6) is 0 Å². The van der Waals surface area contributed by atoms with E-state index in [0.29, 0.717) is 11.6 Å². The highest BCUT2D eigenvalue weighted by Crippen LogP contribution is 2.35. The molecule has 0 aromatic heterocycles. The minimum Gasteiger partial charge on any atom is -0.383 e.